The van der Waals surface area contributed by atoms with Gasteiger partial charge in [-0.15, -0.1) is 0 Å². The number of likely N-dealkylation sites (N-methyl/N-ethyl adjacent to an activating group) is 1. The lowest BCUT2D eigenvalue weighted by atomic mass is 9.85. The predicted octanol–water partition coefficient (Wildman–Crippen LogP) is 2.69. The zero-order valence-electron chi connectivity index (χ0n) is 10.8. The zero-order chi connectivity index (χ0) is 12.3. The maximum Gasteiger partial charge on any atom is 0.176 e. The van der Waals surface area contributed by atoms with Crippen LogP contribution in [0.25, 0.3) is 0 Å². The van der Waals surface area contributed by atoms with Gasteiger partial charge in [-0.25, -0.2) is 0 Å². The first kappa shape index (κ1) is 12.9. The first-order valence-corrected chi connectivity index (χ1v) is 5.65. The lowest BCUT2D eigenvalue weighted by molar-refractivity contribution is 0.0993. The largest absolute Gasteiger partial charge is 0.313 e. The van der Waals surface area contributed by atoms with Gasteiger partial charge in [-0.2, -0.15) is 0 Å². The van der Waals surface area contributed by atoms with E-state index in [1.807, 2.05) is 19.1 Å². The quantitative estimate of drug-likeness (QED) is 0.792. The van der Waals surface area contributed by atoms with Gasteiger partial charge in [0.2, 0.25) is 0 Å². The Kier molecular flexibility index (Phi) is 3.87. The third-order valence-electron chi connectivity index (χ3n) is 2.74. The number of ketones is 1. The van der Waals surface area contributed by atoms with Crippen LogP contribution < -0.4 is 5.32 Å². The topological polar surface area (TPSA) is 29.1 Å². The average molecular weight is 219 g/mol. The number of nitrogens with one attached hydrogen (secondary N) is 1. The molecule has 0 unspecified atom stereocenters. The second kappa shape index (κ2) is 4.79. The summed E-state index contributed by atoms with van der Waals surface area (Å²) in [7, 11) is 1.79. The number of carbonyl (C=O) groups excluding carboxylic acids is 1. The maximum absolute atomic E-state index is 11.9. The van der Waals surface area contributed by atoms with Crippen molar-refractivity contribution in [2.45, 2.75) is 33.1 Å². The second-order valence-electron chi connectivity index (χ2n) is 5.23. The van der Waals surface area contributed by atoms with Gasteiger partial charge in [-0.3, -0.25) is 4.79 Å². The Bertz CT molecular complexity index is 388. The summed E-state index contributed by atoms with van der Waals surface area (Å²) >= 11 is 0. The molecule has 0 atom stereocenters. The molecule has 0 amide bonds. The first-order valence-electron chi connectivity index (χ1n) is 5.65. The Balaban J connectivity index is 3.14. The number of carbonyl (C=O) groups is 1. The van der Waals surface area contributed by atoms with Gasteiger partial charge in [-0.05, 0) is 36.6 Å². The van der Waals surface area contributed by atoms with Crippen LogP contribution in [-0.4, -0.2) is 19.4 Å². The van der Waals surface area contributed by atoms with Crippen molar-refractivity contribution in [3.8, 4) is 0 Å². The molecule has 0 saturated carbocycles. The number of hydrogen-bond acceptors (Lipinski definition) is 2. The first-order chi connectivity index (χ1) is 7.36. The summed E-state index contributed by atoms with van der Waals surface area (Å²) < 4.78 is 0. The van der Waals surface area contributed by atoms with Crippen LogP contribution in [0.1, 0.15) is 42.3 Å². The van der Waals surface area contributed by atoms with E-state index in [0.29, 0.717) is 6.54 Å². The van der Waals surface area contributed by atoms with E-state index in [4.69, 9.17) is 0 Å². The Morgan fingerprint density at radius 2 is 1.94 bits per heavy atom. The highest BCUT2D eigenvalue weighted by molar-refractivity contribution is 5.99. The molecule has 0 spiro atoms. The summed E-state index contributed by atoms with van der Waals surface area (Å²) in [5.74, 6) is 0.158. The van der Waals surface area contributed by atoms with E-state index in [0.717, 1.165) is 11.1 Å². The molecule has 16 heavy (non-hydrogen) atoms. The highest BCUT2D eigenvalue weighted by Crippen LogP contribution is 2.24. The normalized spacial score (nSPS) is 11.6. The van der Waals surface area contributed by atoms with Crippen molar-refractivity contribution in [3.05, 3.63) is 34.9 Å². The highest BCUT2D eigenvalue weighted by atomic mass is 16.1. The van der Waals surface area contributed by atoms with Crippen LogP contribution in [0.2, 0.25) is 0 Å². The number of rotatable bonds is 3. The van der Waals surface area contributed by atoms with E-state index in [-0.39, 0.29) is 11.2 Å². The van der Waals surface area contributed by atoms with E-state index < -0.39 is 0 Å². The summed E-state index contributed by atoms with van der Waals surface area (Å²) in [4.78, 5) is 11.9. The van der Waals surface area contributed by atoms with Gasteiger partial charge >= 0.3 is 0 Å². The smallest absolute Gasteiger partial charge is 0.176 e. The number of hydrogen-bond donors (Lipinski definition) is 1. The summed E-state index contributed by atoms with van der Waals surface area (Å²) in [6.07, 6.45) is 0. The van der Waals surface area contributed by atoms with Gasteiger partial charge in [0, 0.05) is 5.56 Å². The predicted molar refractivity (Wildman–Crippen MR) is 68.1 cm³/mol. The molecule has 0 saturated heterocycles. The van der Waals surface area contributed by atoms with Crippen LogP contribution in [0.4, 0.5) is 0 Å². The molecule has 0 aliphatic rings. The lowest BCUT2D eigenvalue weighted by Crippen LogP contribution is -2.20. The van der Waals surface area contributed by atoms with E-state index in [1.54, 1.807) is 7.05 Å². The molecular weight excluding hydrogens is 198 g/mol. The summed E-state index contributed by atoms with van der Waals surface area (Å²) in [5, 5.41) is 2.90. The SMILES string of the molecule is CNCC(=O)c1cc(C(C)(C)C)ccc1C. The van der Waals surface area contributed by atoms with Crippen molar-refractivity contribution >= 4 is 5.78 Å². The Labute approximate surface area is 98.1 Å². The van der Waals surface area contributed by atoms with Crippen LogP contribution >= 0.6 is 0 Å². The van der Waals surface area contributed by atoms with Crippen molar-refractivity contribution in [1.29, 1.82) is 0 Å². The van der Waals surface area contributed by atoms with E-state index >= 15 is 0 Å². The summed E-state index contributed by atoms with van der Waals surface area (Å²) in [6, 6.07) is 6.16. The van der Waals surface area contributed by atoms with Crippen LogP contribution in [0.5, 0.6) is 0 Å². The van der Waals surface area contributed by atoms with Crippen molar-refractivity contribution in [3.63, 3.8) is 0 Å². The Morgan fingerprint density at radius 3 is 2.44 bits per heavy atom. The minimum atomic E-state index is 0.0857. The molecule has 0 heterocycles. The molecule has 0 aliphatic carbocycles. The molecule has 0 radical (unpaired) electrons. The molecule has 1 rings (SSSR count). The molecule has 88 valence electrons. The van der Waals surface area contributed by atoms with Gasteiger partial charge in [0.15, 0.2) is 5.78 Å². The minimum Gasteiger partial charge on any atom is -0.313 e. The number of aryl methyl sites for hydroxylation is 1. The van der Waals surface area contributed by atoms with E-state index in [1.165, 1.54) is 5.56 Å². The van der Waals surface area contributed by atoms with Gasteiger partial charge in [-0.1, -0.05) is 32.9 Å². The second-order valence-corrected chi connectivity index (χ2v) is 5.23. The monoisotopic (exact) mass is 219 g/mol. The van der Waals surface area contributed by atoms with Crippen molar-refractivity contribution in [1.82, 2.24) is 5.32 Å². The molecule has 0 fully saturated rings. The molecular formula is C14H21NO. The van der Waals surface area contributed by atoms with Gasteiger partial charge in [0.25, 0.3) is 0 Å². The minimum absolute atomic E-state index is 0.0857. The molecule has 1 N–H and O–H groups in total. The zero-order valence-corrected chi connectivity index (χ0v) is 10.8. The fraction of sp³-hybridized carbons (Fsp3) is 0.500. The number of Topliss-reactive ketones (excluding diaryl/α,β-unsaturated/α-hetero) is 1. The fourth-order valence-corrected chi connectivity index (χ4v) is 1.64. The molecule has 1 aromatic rings. The van der Waals surface area contributed by atoms with Crippen LogP contribution in [-0.2, 0) is 5.41 Å². The molecule has 1 aromatic carbocycles. The summed E-state index contributed by atoms with van der Waals surface area (Å²) in [6.45, 7) is 8.85. The number of benzene rings is 1. The highest BCUT2D eigenvalue weighted by Gasteiger charge is 2.16. The molecule has 0 aliphatic heterocycles. The molecule has 0 bridgehead atoms. The van der Waals surface area contributed by atoms with Gasteiger partial charge in [0.05, 0.1) is 6.54 Å². The van der Waals surface area contributed by atoms with E-state index in [9.17, 15) is 4.79 Å². The standard InChI is InChI=1S/C14H21NO/c1-10-6-7-11(14(2,3)4)8-12(10)13(16)9-15-5/h6-8,15H,9H2,1-5H3. The Morgan fingerprint density at radius 1 is 1.31 bits per heavy atom. The van der Waals surface area contributed by atoms with Crippen LogP contribution in [0.3, 0.4) is 0 Å². The van der Waals surface area contributed by atoms with Crippen LogP contribution in [0, 0.1) is 6.92 Å². The molecule has 2 nitrogen and oxygen atoms in total. The molecule has 2 heteroatoms. The third kappa shape index (κ3) is 2.92. The summed E-state index contributed by atoms with van der Waals surface area (Å²) in [5.41, 5.74) is 3.18. The third-order valence-corrected chi connectivity index (χ3v) is 2.74. The van der Waals surface area contributed by atoms with Crippen molar-refractivity contribution in [2.75, 3.05) is 13.6 Å². The van der Waals surface area contributed by atoms with Crippen molar-refractivity contribution < 1.29 is 4.79 Å². The van der Waals surface area contributed by atoms with Gasteiger partial charge in [0.1, 0.15) is 0 Å². The lowest BCUT2D eigenvalue weighted by Gasteiger charge is -2.20. The molecule has 0 aromatic heterocycles. The van der Waals surface area contributed by atoms with Crippen molar-refractivity contribution in [2.24, 2.45) is 0 Å². The van der Waals surface area contributed by atoms with Gasteiger partial charge < -0.3 is 5.32 Å². The van der Waals surface area contributed by atoms with Crippen LogP contribution in [0.15, 0.2) is 18.2 Å². The fourth-order valence-electron chi connectivity index (χ4n) is 1.64. The van der Waals surface area contributed by atoms with E-state index in [2.05, 4.69) is 32.2 Å². The maximum atomic E-state index is 11.9. The average Bonchev–Trinajstić information content (AvgIpc) is 2.16. The Hall–Kier alpha value is -1.15.